The topological polar surface area (TPSA) is 76.0 Å². The van der Waals surface area contributed by atoms with Crippen molar-refractivity contribution in [2.24, 2.45) is 5.92 Å². The number of aromatic nitrogens is 4. The summed E-state index contributed by atoms with van der Waals surface area (Å²) in [6.07, 6.45) is 2.89. The van der Waals surface area contributed by atoms with Crippen LogP contribution in [0.15, 0.2) is 42.6 Å². The van der Waals surface area contributed by atoms with Crippen molar-refractivity contribution in [2.75, 3.05) is 20.2 Å². The fourth-order valence-corrected chi connectivity index (χ4v) is 4.86. The van der Waals surface area contributed by atoms with Gasteiger partial charge in [-0.1, -0.05) is 6.07 Å². The lowest BCUT2D eigenvalue weighted by Crippen LogP contribution is -2.47. The molecule has 1 N–H and O–H groups in total. The minimum atomic E-state index is -0.509. The Morgan fingerprint density at radius 2 is 2.12 bits per heavy atom. The van der Waals surface area contributed by atoms with Crippen molar-refractivity contribution in [1.29, 1.82) is 0 Å². The number of benzene rings is 2. The van der Waals surface area contributed by atoms with Crippen LogP contribution in [0.1, 0.15) is 22.5 Å². The van der Waals surface area contributed by atoms with Gasteiger partial charge < -0.3 is 9.64 Å². The second kappa shape index (κ2) is 8.02. The van der Waals surface area contributed by atoms with Crippen LogP contribution in [0.2, 0.25) is 0 Å². The zero-order chi connectivity index (χ0) is 23.4. The highest BCUT2D eigenvalue weighted by atomic mass is 19.1. The largest absolute Gasteiger partial charge is 0.493 e. The standard InChI is InChI=1S/C25H23F2N5O2/c1-31-7-6-18(31)12-32-21-10-14(20-11-28-29-25(20)27)2-4-19(21)23(30-32)24(33)16-8-15-9-17(26)3-5-22(15)34-13-16/h2-5,9-11,16,18H,6-8,12-13H2,1H3,(H,28,29)/t16?,18-/m0/s1. The first-order valence-corrected chi connectivity index (χ1v) is 11.3. The van der Waals surface area contributed by atoms with Gasteiger partial charge in [0.05, 0.1) is 36.3 Å². The molecule has 2 aliphatic heterocycles. The molecule has 2 atom stereocenters. The highest BCUT2D eigenvalue weighted by Gasteiger charge is 2.32. The highest BCUT2D eigenvalue weighted by molar-refractivity contribution is 6.08. The molecule has 9 heteroatoms. The summed E-state index contributed by atoms with van der Waals surface area (Å²) in [6, 6.07) is 10.1. The molecule has 0 amide bonds. The maximum Gasteiger partial charge on any atom is 0.216 e. The summed E-state index contributed by atoms with van der Waals surface area (Å²) in [7, 11) is 2.06. The second-order valence-electron chi connectivity index (χ2n) is 9.11. The van der Waals surface area contributed by atoms with E-state index in [1.807, 2.05) is 16.8 Å². The van der Waals surface area contributed by atoms with E-state index in [9.17, 15) is 13.6 Å². The molecule has 174 valence electrons. The van der Waals surface area contributed by atoms with Crippen molar-refractivity contribution in [3.05, 3.63) is 65.6 Å². The normalized spacial score (nSPS) is 20.1. The van der Waals surface area contributed by atoms with Crippen LogP contribution in [0, 0.1) is 17.7 Å². The number of aromatic amines is 1. The summed E-state index contributed by atoms with van der Waals surface area (Å²) in [5.41, 5.74) is 2.84. The third-order valence-electron chi connectivity index (χ3n) is 7.01. The maximum absolute atomic E-state index is 14.1. The lowest BCUT2D eigenvalue weighted by molar-refractivity contribution is 0.0847. The minimum Gasteiger partial charge on any atom is -0.493 e. The first kappa shape index (κ1) is 21.0. The third kappa shape index (κ3) is 3.47. The van der Waals surface area contributed by atoms with Gasteiger partial charge in [-0.05, 0) is 67.9 Å². The molecular formula is C25H23F2N5O2. The van der Waals surface area contributed by atoms with Crippen molar-refractivity contribution >= 4 is 16.7 Å². The molecule has 4 heterocycles. The van der Waals surface area contributed by atoms with E-state index >= 15 is 0 Å². The van der Waals surface area contributed by atoms with Gasteiger partial charge in [-0.3, -0.25) is 14.6 Å². The zero-order valence-electron chi connectivity index (χ0n) is 18.6. The molecule has 0 aliphatic carbocycles. The van der Waals surface area contributed by atoms with Crippen molar-refractivity contribution < 1.29 is 18.3 Å². The molecule has 1 unspecified atom stereocenters. The third-order valence-corrected chi connectivity index (χ3v) is 7.01. The summed E-state index contributed by atoms with van der Waals surface area (Å²) < 4.78 is 35.5. The first-order chi connectivity index (χ1) is 16.5. The van der Waals surface area contributed by atoms with E-state index in [1.165, 1.54) is 18.3 Å². The fraction of sp³-hybridized carbons (Fsp3) is 0.320. The molecule has 0 spiro atoms. The summed E-state index contributed by atoms with van der Waals surface area (Å²) in [6.45, 7) is 1.87. The van der Waals surface area contributed by atoms with Crippen LogP contribution in [-0.2, 0) is 13.0 Å². The average Bonchev–Trinajstić information content (AvgIpc) is 3.43. The smallest absolute Gasteiger partial charge is 0.216 e. The SMILES string of the molecule is CN1CC[C@H]1Cn1nc(C(=O)C2COc3ccc(F)cc3C2)c2ccc(-c3cn[nH]c3F)cc21. The van der Waals surface area contributed by atoms with Crippen molar-refractivity contribution in [3.63, 3.8) is 0 Å². The van der Waals surface area contributed by atoms with Gasteiger partial charge in [0.2, 0.25) is 5.95 Å². The van der Waals surface area contributed by atoms with E-state index in [2.05, 4.69) is 22.1 Å². The lowest BCUT2D eigenvalue weighted by atomic mass is 9.90. The molecule has 7 nitrogen and oxygen atoms in total. The Labute approximate surface area is 194 Å². The number of rotatable bonds is 5. The van der Waals surface area contributed by atoms with Gasteiger partial charge >= 0.3 is 0 Å². The quantitative estimate of drug-likeness (QED) is 0.455. The molecule has 2 aromatic heterocycles. The fourth-order valence-electron chi connectivity index (χ4n) is 4.86. The summed E-state index contributed by atoms with van der Waals surface area (Å²) >= 11 is 0. The van der Waals surface area contributed by atoms with Crippen LogP contribution in [-0.4, -0.2) is 56.9 Å². The zero-order valence-corrected chi connectivity index (χ0v) is 18.6. The summed E-state index contributed by atoms with van der Waals surface area (Å²) in [4.78, 5) is 15.8. The molecule has 0 bridgehead atoms. The van der Waals surface area contributed by atoms with Gasteiger partial charge in [-0.2, -0.15) is 14.6 Å². The molecular weight excluding hydrogens is 440 g/mol. The number of ether oxygens (including phenoxy) is 1. The number of carbonyl (C=O) groups is 1. The van der Waals surface area contributed by atoms with E-state index in [0.717, 1.165) is 18.5 Å². The predicted octanol–water partition coefficient (Wildman–Crippen LogP) is 3.84. The van der Waals surface area contributed by atoms with Crippen molar-refractivity contribution in [2.45, 2.75) is 25.4 Å². The van der Waals surface area contributed by atoms with Gasteiger partial charge in [0.15, 0.2) is 5.78 Å². The Bertz CT molecular complexity index is 1410. The van der Waals surface area contributed by atoms with Crippen LogP contribution in [0.25, 0.3) is 22.0 Å². The van der Waals surface area contributed by atoms with Gasteiger partial charge in [0, 0.05) is 11.4 Å². The van der Waals surface area contributed by atoms with E-state index in [-0.39, 0.29) is 18.2 Å². The number of likely N-dealkylation sites (tertiary alicyclic amines) is 1. The lowest BCUT2D eigenvalue weighted by Gasteiger charge is -2.37. The number of ketones is 1. The minimum absolute atomic E-state index is 0.136. The Balaban J connectivity index is 1.39. The van der Waals surface area contributed by atoms with Crippen LogP contribution < -0.4 is 4.74 Å². The second-order valence-corrected chi connectivity index (χ2v) is 9.11. The van der Waals surface area contributed by atoms with Crippen LogP contribution >= 0.6 is 0 Å². The maximum atomic E-state index is 14.1. The molecule has 0 radical (unpaired) electrons. The molecule has 2 aliphatic rings. The number of Topliss-reactive ketones (excluding diaryl/α,β-unsaturated/α-hetero) is 1. The predicted molar refractivity (Wildman–Crippen MR) is 122 cm³/mol. The number of hydrogen-bond donors (Lipinski definition) is 1. The molecule has 0 saturated carbocycles. The van der Waals surface area contributed by atoms with Gasteiger partial charge in [0.25, 0.3) is 0 Å². The number of nitrogens with one attached hydrogen (secondary N) is 1. The average molecular weight is 463 g/mol. The number of likely N-dealkylation sites (N-methyl/N-ethyl adjacent to an activating group) is 1. The van der Waals surface area contributed by atoms with E-state index in [4.69, 9.17) is 9.84 Å². The molecule has 4 aromatic rings. The Morgan fingerprint density at radius 1 is 1.24 bits per heavy atom. The monoisotopic (exact) mass is 463 g/mol. The van der Waals surface area contributed by atoms with Gasteiger partial charge in [-0.25, -0.2) is 4.39 Å². The van der Waals surface area contributed by atoms with Gasteiger partial charge in [0.1, 0.15) is 17.3 Å². The first-order valence-electron chi connectivity index (χ1n) is 11.3. The number of hydrogen-bond acceptors (Lipinski definition) is 5. The number of fused-ring (bicyclic) bond motifs is 2. The van der Waals surface area contributed by atoms with E-state index in [1.54, 1.807) is 12.1 Å². The molecule has 1 saturated heterocycles. The van der Waals surface area contributed by atoms with Crippen LogP contribution in [0.5, 0.6) is 5.75 Å². The van der Waals surface area contributed by atoms with Crippen LogP contribution in [0.3, 0.4) is 0 Å². The number of nitrogens with zero attached hydrogens (tertiary/aromatic N) is 4. The molecule has 34 heavy (non-hydrogen) atoms. The highest BCUT2D eigenvalue weighted by Crippen LogP contribution is 2.33. The molecule has 6 rings (SSSR count). The number of carbonyl (C=O) groups excluding carboxylic acids is 1. The number of halogens is 2. The molecule has 2 aromatic carbocycles. The van der Waals surface area contributed by atoms with Crippen molar-refractivity contribution in [3.8, 4) is 16.9 Å². The van der Waals surface area contributed by atoms with E-state index < -0.39 is 11.9 Å². The Kier molecular flexibility index (Phi) is 4.95. The number of H-pyrrole nitrogens is 1. The van der Waals surface area contributed by atoms with Crippen LogP contribution in [0.4, 0.5) is 8.78 Å². The summed E-state index contributed by atoms with van der Waals surface area (Å²) in [5.74, 6) is -0.846. The Hall–Kier alpha value is -3.59. The molecule has 1 fully saturated rings. The van der Waals surface area contributed by atoms with Crippen molar-refractivity contribution in [1.82, 2.24) is 24.9 Å². The van der Waals surface area contributed by atoms with Gasteiger partial charge in [-0.15, -0.1) is 0 Å². The van der Waals surface area contributed by atoms with E-state index in [0.29, 0.717) is 52.5 Å². The summed E-state index contributed by atoms with van der Waals surface area (Å²) in [5, 5.41) is 11.5. The Morgan fingerprint density at radius 3 is 2.85 bits per heavy atom.